The van der Waals surface area contributed by atoms with Crippen molar-refractivity contribution in [2.45, 2.75) is 63.6 Å². The van der Waals surface area contributed by atoms with Crippen molar-refractivity contribution >= 4 is 33.3 Å². The highest BCUT2D eigenvalue weighted by Gasteiger charge is 2.30. The third-order valence-corrected chi connectivity index (χ3v) is 7.01. The summed E-state index contributed by atoms with van der Waals surface area (Å²) in [4.78, 5) is 27.4. The van der Waals surface area contributed by atoms with E-state index in [9.17, 15) is 9.59 Å². The second-order valence-corrected chi connectivity index (χ2v) is 8.77. The van der Waals surface area contributed by atoms with Crippen LogP contribution >= 0.6 is 15.9 Å². The first-order chi connectivity index (χ1) is 12.0. The molecule has 0 aromatic heterocycles. The highest BCUT2D eigenvalue weighted by molar-refractivity contribution is 9.10. The largest absolute Gasteiger partial charge is 0.312 e. The minimum Gasteiger partial charge on any atom is -0.312 e. The monoisotopic (exact) mass is 405 g/mol. The first-order valence-corrected chi connectivity index (χ1v) is 10.5. The number of ketones is 1. The molecule has 2 aliphatic rings. The lowest BCUT2D eigenvalue weighted by molar-refractivity contribution is -0.123. The molecule has 1 heterocycles. The number of aryl methyl sites for hydroxylation is 1. The van der Waals surface area contributed by atoms with Gasteiger partial charge >= 0.3 is 0 Å². The number of halogens is 1. The highest BCUT2D eigenvalue weighted by atomic mass is 79.9. The summed E-state index contributed by atoms with van der Waals surface area (Å²) in [6, 6.07) is 5.89. The van der Waals surface area contributed by atoms with Crippen LogP contribution in [0.4, 0.5) is 5.69 Å². The number of fused-ring (bicyclic) bond motifs is 1. The summed E-state index contributed by atoms with van der Waals surface area (Å²) < 4.78 is 0. The fraction of sp³-hybridized carbons (Fsp3) is 0.619. The maximum absolute atomic E-state index is 13.0. The van der Waals surface area contributed by atoms with Crippen LogP contribution < -0.4 is 4.90 Å². The Labute approximate surface area is 159 Å². The molecule has 1 saturated carbocycles. The third-order valence-electron chi connectivity index (χ3n) is 5.54. The van der Waals surface area contributed by atoms with Crippen molar-refractivity contribution in [1.29, 1.82) is 0 Å². The number of Topliss-reactive ketones (excluding diaryl/α,β-unsaturated/α-hetero) is 1. The fourth-order valence-electron chi connectivity index (χ4n) is 4.01. The molecule has 0 N–H and O–H groups in total. The van der Waals surface area contributed by atoms with Crippen molar-refractivity contribution in [1.82, 2.24) is 0 Å². The summed E-state index contributed by atoms with van der Waals surface area (Å²) in [6.45, 7) is 4.89. The predicted molar refractivity (Wildman–Crippen MR) is 106 cm³/mol. The fourth-order valence-corrected chi connectivity index (χ4v) is 4.28. The Bertz CT molecular complexity index is 649. The Balaban J connectivity index is 1.82. The van der Waals surface area contributed by atoms with Gasteiger partial charge in [0.15, 0.2) is 5.78 Å². The normalized spacial score (nSPS) is 19.6. The number of carbonyl (C=O) groups excluding carboxylic acids is 2. The molecule has 25 heavy (non-hydrogen) atoms. The predicted octanol–water partition coefficient (Wildman–Crippen LogP) is 5.15. The van der Waals surface area contributed by atoms with E-state index in [1.807, 2.05) is 36.9 Å². The smallest absolute Gasteiger partial charge is 0.230 e. The maximum Gasteiger partial charge on any atom is 0.230 e. The number of hydrogen-bond acceptors (Lipinski definition) is 2. The maximum atomic E-state index is 13.0. The molecule has 1 atom stereocenters. The van der Waals surface area contributed by atoms with Crippen molar-refractivity contribution in [3.05, 3.63) is 29.3 Å². The summed E-state index contributed by atoms with van der Waals surface area (Å²) >= 11 is 3.51. The lowest BCUT2D eigenvalue weighted by atomic mass is 9.87. The van der Waals surface area contributed by atoms with Gasteiger partial charge in [-0.15, -0.1) is 0 Å². The van der Waals surface area contributed by atoms with Gasteiger partial charge in [0.2, 0.25) is 5.91 Å². The van der Waals surface area contributed by atoms with Crippen molar-refractivity contribution in [3.63, 3.8) is 0 Å². The van der Waals surface area contributed by atoms with Gasteiger partial charge in [0.1, 0.15) is 0 Å². The zero-order valence-corrected chi connectivity index (χ0v) is 16.8. The average Bonchev–Trinajstić information content (AvgIpc) is 2.65. The molecule has 1 aliphatic heterocycles. The van der Waals surface area contributed by atoms with Gasteiger partial charge in [-0.2, -0.15) is 0 Å². The van der Waals surface area contributed by atoms with Crippen LogP contribution in [-0.4, -0.2) is 23.1 Å². The molecule has 1 unspecified atom stereocenters. The van der Waals surface area contributed by atoms with Crippen LogP contribution in [0.5, 0.6) is 0 Å². The highest BCUT2D eigenvalue weighted by Crippen LogP contribution is 2.33. The minimum absolute atomic E-state index is 0.133. The Morgan fingerprint density at radius 2 is 1.84 bits per heavy atom. The second kappa shape index (κ2) is 8.03. The number of amides is 1. The Morgan fingerprint density at radius 1 is 1.12 bits per heavy atom. The molecule has 0 radical (unpaired) electrons. The molecule has 1 fully saturated rings. The summed E-state index contributed by atoms with van der Waals surface area (Å²) in [7, 11) is 0. The lowest BCUT2D eigenvalue weighted by Gasteiger charge is -2.34. The van der Waals surface area contributed by atoms with Gasteiger partial charge < -0.3 is 4.90 Å². The SMILES string of the molecule is CC(C)C(Br)C(=O)c1ccc2c(c1)CCCN2C(=O)C1CCCCC1. The molecule has 3 nitrogen and oxygen atoms in total. The Kier molecular flexibility index (Phi) is 5.98. The third kappa shape index (κ3) is 3.99. The van der Waals surface area contributed by atoms with Gasteiger partial charge in [-0.3, -0.25) is 9.59 Å². The average molecular weight is 406 g/mol. The summed E-state index contributed by atoms with van der Waals surface area (Å²) in [6.07, 6.45) is 7.58. The van der Waals surface area contributed by atoms with Crippen LogP contribution in [0.3, 0.4) is 0 Å². The van der Waals surface area contributed by atoms with Crippen LogP contribution in [0.1, 0.15) is 68.3 Å². The van der Waals surface area contributed by atoms with E-state index in [-0.39, 0.29) is 22.4 Å². The quantitative estimate of drug-likeness (QED) is 0.512. The van der Waals surface area contributed by atoms with Crippen molar-refractivity contribution in [3.8, 4) is 0 Å². The van der Waals surface area contributed by atoms with Gasteiger partial charge in [0.25, 0.3) is 0 Å². The number of alkyl halides is 1. The van der Waals surface area contributed by atoms with E-state index in [1.54, 1.807) is 0 Å². The molecule has 0 bridgehead atoms. The molecule has 136 valence electrons. The van der Waals surface area contributed by atoms with E-state index in [0.29, 0.717) is 5.91 Å². The van der Waals surface area contributed by atoms with E-state index >= 15 is 0 Å². The van der Waals surface area contributed by atoms with Gasteiger partial charge in [0.05, 0.1) is 4.83 Å². The Morgan fingerprint density at radius 3 is 2.52 bits per heavy atom. The van der Waals surface area contributed by atoms with Gasteiger partial charge in [-0.25, -0.2) is 0 Å². The zero-order valence-electron chi connectivity index (χ0n) is 15.3. The van der Waals surface area contributed by atoms with Gasteiger partial charge in [-0.1, -0.05) is 49.0 Å². The minimum atomic E-state index is -0.158. The molecule has 0 spiro atoms. The Hall–Kier alpha value is -1.16. The standard InChI is InChI=1S/C21H28BrNO2/c1-14(2)19(22)20(24)17-10-11-18-16(13-17)9-6-12-23(18)21(25)15-7-4-3-5-8-15/h10-11,13-15,19H,3-9,12H2,1-2H3. The van der Waals surface area contributed by atoms with E-state index in [4.69, 9.17) is 0 Å². The molecule has 0 saturated heterocycles. The van der Waals surface area contributed by atoms with Crippen molar-refractivity contribution < 1.29 is 9.59 Å². The van der Waals surface area contributed by atoms with Crippen LogP contribution in [-0.2, 0) is 11.2 Å². The molecule has 1 amide bonds. The second-order valence-electron chi connectivity index (χ2n) is 7.78. The molecule has 1 aliphatic carbocycles. The van der Waals surface area contributed by atoms with E-state index < -0.39 is 0 Å². The van der Waals surface area contributed by atoms with Crippen molar-refractivity contribution in [2.24, 2.45) is 11.8 Å². The first-order valence-electron chi connectivity index (χ1n) is 9.61. The van der Waals surface area contributed by atoms with E-state index in [1.165, 1.54) is 19.3 Å². The van der Waals surface area contributed by atoms with Crippen LogP contribution in [0.2, 0.25) is 0 Å². The molecule has 1 aromatic carbocycles. The number of rotatable bonds is 4. The number of benzene rings is 1. The topological polar surface area (TPSA) is 37.4 Å². The zero-order chi connectivity index (χ0) is 18.0. The van der Waals surface area contributed by atoms with E-state index in [2.05, 4.69) is 15.9 Å². The molecule has 1 aromatic rings. The molecule has 4 heteroatoms. The molecular formula is C21H28BrNO2. The van der Waals surface area contributed by atoms with Gasteiger partial charge in [0, 0.05) is 23.7 Å². The van der Waals surface area contributed by atoms with Crippen LogP contribution in [0, 0.1) is 11.8 Å². The number of carbonyl (C=O) groups is 2. The molecular weight excluding hydrogens is 378 g/mol. The summed E-state index contributed by atoms with van der Waals surface area (Å²) in [5.74, 6) is 0.871. The number of anilines is 1. The van der Waals surface area contributed by atoms with Crippen LogP contribution in [0.25, 0.3) is 0 Å². The van der Waals surface area contributed by atoms with Gasteiger partial charge in [-0.05, 0) is 55.4 Å². The summed E-state index contributed by atoms with van der Waals surface area (Å²) in [5, 5.41) is 0. The molecule has 3 rings (SSSR count). The number of hydrogen-bond donors (Lipinski definition) is 0. The summed E-state index contributed by atoms with van der Waals surface area (Å²) in [5.41, 5.74) is 2.92. The van der Waals surface area contributed by atoms with Crippen LogP contribution in [0.15, 0.2) is 18.2 Å². The van der Waals surface area contributed by atoms with Crippen molar-refractivity contribution in [2.75, 3.05) is 11.4 Å². The number of nitrogens with zero attached hydrogens (tertiary/aromatic N) is 1. The van der Waals surface area contributed by atoms with E-state index in [0.717, 1.165) is 49.0 Å². The first kappa shape index (κ1) is 18.6. The lowest BCUT2D eigenvalue weighted by Crippen LogP contribution is -2.40.